The standard InChI is InChI=1S/C55H49BN2O2S/c1-32-14-21-37(22-15-32)57(38-23-16-33(2)17-24-38)50-51-41(40-12-10-11-13-45(40)59-51)31-43-52(50)60-46-29-34(3)28-44-48(46)56(43)53-49(42-30-36(55(7,8)9)20-27-47(42)61-53)58(44)39-25-18-35(19-26-39)54(4,5)6/h10-31H,1-9H3. The van der Waals surface area contributed by atoms with Crippen molar-refractivity contribution in [1.82, 2.24) is 0 Å². The first-order valence-corrected chi connectivity index (χ1v) is 22.3. The quantitative estimate of drug-likeness (QED) is 0.166. The van der Waals surface area contributed by atoms with Crippen LogP contribution in [0.5, 0.6) is 11.5 Å². The molecule has 0 N–H and O–H groups in total. The Morgan fingerprint density at radius 1 is 0.607 bits per heavy atom. The van der Waals surface area contributed by atoms with Gasteiger partial charge in [0.2, 0.25) is 0 Å². The van der Waals surface area contributed by atoms with Crippen molar-refractivity contribution in [3.8, 4) is 11.5 Å². The van der Waals surface area contributed by atoms with Crippen LogP contribution in [-0.2, 0) is 10.8 Å². The SMILES string of the molecule is Cc1ccc(N(c2ccc(C)cc2)c2c3c(cc4c2oc2ccccc24)B2c4sc5ccc(C(C)(C)C)cc5c4N(c4ccc(C(C)(C)C)cc4)c4cc(C)cc(c42)O3)cc1. The third kappa shape index (κ3) is 5.94. The molecule has 0 radical (unpaired) electrons. The molecule has 0 saturated carbocycles. The third-order valence-corrected chi connectivity index (χ3v) is 14.0. The second kappa shape index (κ2) is 13.4. The minimum atomic E-state index is -0.0976. The number of hydrogen-bond donors (Lipinski definition) is 0. The summed E-state index contributed by atoms with van der Waals surface area (Å²) < 4.78 is 17.1. The Morgan fingerprint density at radius 3 is 1.90 bits per heavy atom. The average Bonchev–Trinajstić information content (AvgIpc) is 3.80. The molecule has 4 heterocycles. The Balaban J connectivity index is 1.26. The fraction of sp³-hybridized carbons (Fsp3) is 0.200. The summed E-state index contributed by atoms with van der Waals surface area (Å²) in [5.74, 6) is 1.70. The first-order chi connectivity index (χ1) is 29.2. The summed E-state index contributed by atoms with van der Waals surface area (Å²) in [7, 11) is 0. The van der Waals surface area contributed by atoms with E-state index in [-0.39, 0.29) is 17.5 Å². The van der Waals surface area contributed by atoms with Crippen LogP contribution < -0.4 is 30.2 Å². The van der Waals surface area contributed by atoms with E-state index >= 15 is 0 Å². The van der Waals surface area contributed by atoms with Gasteiger partial charge in [-0.25, -0.2) is 0 Å². The highest BCUT2D eigenvalue weighted by Gasteiger charge is 2.46. The zero-order valence-electron chi connectivity index (χ0n) is 36.4. The van der Waals surface area contributed by atoms with Gasteiger partial charge in [-0.2, -0.15) is 0 Å². The first-order valence-electron chi connectivity index (χ1n) is 21.4. The number of nitrogens with zero attached hydrogens (tertiary/aromatic N) is 2. The number of thiophene rings is 1. The lowest BCUT2D eigenvalue weighted by Gasteiger charge is -2.40. The minimum Gasteiger partial charge on any atom is -0.456 e. The molecule has 0 saturated heterocycles. The molecule has 4 nitrogen and oxygen atoms in total. The highest BCUT2D eigenvalue weighted by atomic mass is 32.1. The second-order valence-electron chi connectivity index (χ2n) is 19.3. The van der Waals surface area contributed by atoms with E-state index in [1.165, 1.54) is 48.3 Å². The molecule has 2 aliphatic heterocycles. The fourth-order valence-corrected chi connectivity index (χ4v) is 10.8. The molecule has 0 aliphatic carbocycles. The molecule has 0 bridgehead atoms. The maximum atomic E-state index is 7.49. The van der Waals surface area contributed by atoms with Crippen molar-refractivity contribution in [1.29, 1.82) is 0 Å². The number of para-hydroxylation sites is 1. The molecule has 11 rings (SSSR count). The van der Waals surface area contributed by atoms with Gasteiger partial charge in [0, 0.05) is 48.4 Å². The first kappa shape index (κ1) is 37.7. The number of hydrogen-bond acceptors (Lipinski definition) is 5. The molecule has 2 aliphatic rings. The summed E-state index contributed by atoms with van der Waals surface area (Å²) in [6.07, 6.45) is 0. The Hall–Kier alpha value is -6.24. The van der Waals surface area contributed by atoms with E-state index in [1.54, 1.807) is 0 Å². The molecule has 0 fully saturated rings. The molecule has 6 heteroatoms. The number of fused-ring (bicyclic) bond motifs is 9. The molecule has 0 unspecified atom stereocenters. The van der Waals surface area contributed by atoms with Crippen LogP contribution >= 0.6 is 11.3 Å². The Kier molecular flexibility index (Phi) is 8.28. The largest absolute Gasteiger partial charge is 0.456 e. The van der Waals surface area contributed by atoms with Gasteiger partial charge in [0.15, 0.2) is 11.3 Å². The summed E-state index contributed by atoms with van der Waals surface area (Å²) in [6.45, 7) is 20.2. The topological polar surface area (TPSA) is 28.9 Å². The van der Waals surface area contributed by atoms with Gasteiger partial charge in [0.05, 0.1) is 5.69 Å². The minimum absolute atomic E-state index is 0.0118. The molecule has 9 aromatic rings. The van der Waals surface area contributed by atoms with Gasteiger partial charge in [-0.15, -0.1) is 11.3 Å². The van der Waals surface area contributed by atoms with Crippen LogP contribution in [0.4, 0.5) is 34.1 Å². The molecule has 0 spiro atoms. The molecule has 61 heavy (non-hydrogen) atoms. The lowest BCUT2D eigenvalue weighted by Crippen LogP contribution is -2.58. The van der Waals surface area contributed by atoms with Crippen molar-refractivity contribution >= 4 is 99.9 Å². The molecule has 0 amide bonds. The van der Waals surface area contributed by atoms with Gasteiger partial charge < -0.3 is 19.0 Å². The van der Waals surface area contributed by atoms with Gasteiger partial charge in [-0.05, 0) is 126 Å². The van der Waals surface area contributed by atoms with Crippen molar-refractivity contribution < 1.29 is 9.15 Å². The van der Waals surface area contributed by atoms with Crippen LogP contribution in [0.1, 0.15) is 69.4 Å². The number of rotatable bonds is 4. The summed E-state index contributed by atoms with van der Waals surface area (Å²) in [5.41, 5.74) is 16.8. The van der Waals surface area contributed by atoms with Crippen molar-refractivity contribution in [2.45, 2.75) is 73.1 Å². The Bertz CT molecular complexity index is 3170. The average molecular weight is 813 g/mol. The van der Waals surface area contributed by atoms with Crippen LogP contribution in [0, 0.1) is 20.8 Å². The number of benzene rings is 7. The van der Waals surface area contributed by atoms with E-state index in [4.69, 9.17) is 9.15 Å². The van der Waals surface area contributed by atoms with Crippen LogP contribution in [-0.4, -0.2) is 6.71 Å². The summed E-state index contributed by atoms with van der Waals surface area (Å²) in [4.78, 5) is 4.87. The fourth-order valence-electron chi connectivity index (χ4n) is 9.50. The number of aryl methyl sites for hydroxylation is 3. The maximum Gasteiger partial charge on any atom is 0.269 e. The maximum absolute atomic E-state index is 7.49. The van der Waals surface area contributed by atoms with Crippen molar-refractivity contribution in [2.24, 2.45) is 0 Å². The van der Waals surface area contributed by atoms with E-state index in [9.17, 15) is 0 Å². The Morgan fingerprint density at radius 2 is 1.25 bits per heavy atom. The van der Waals surface area contributed by atoms with Crippen molar-refractivity contribution in [2.75, 3.05) is 9.80 Å². The Labute approximate surface area is 363 Å². The smallest absolute Gasteiger partial charge is 0.269 e. The lowest BCUT2D eigenvalue weighted by molar-refractivity contribution is 0.487. The monoisotopic (exact) mass is 812 g/mol. The highest BCUT2D eigenvalue weighted by Crippen LogP contribution is 2.52. The normalized spacial score (nSPS) is 13.4. The van der Waals surface area contributed by atoms with Gasteiger partial charge in [0.1, 0.15) is 17.0 Å². The van der Waals surface area contributed by atoms with Crippen LogP contribution in [0.25, 0.3) is 32.0 Å². The van der Waals surface area contributed by atoms with Gasteiger partial charge in [0.25, 0.3) is 6.71 Å². The number of anilines is 6. The van der Waals surface area contributed by atoms with Gasteiger partial charge >= 0.3 is 0 Å². The predicted molar refractivity (Wildman–Crippen MR) is 261 cm³/mol. The molecule has 2 aromatic heterocycles. The zero-order chi connectivity index (χ0) is 42.1. The van der Waals surface area contributed by atoms with Crippen LogP contribution in [0.15, 0.2) is 138 Å². The van der Waals surface area contributed by atoms with Crippen molar-refractivity contribution in [3.63, 3.8) is 0 Å². The highest BCUT2D eigenvalue weighted by molar-refractivity contribution is 7.33. The number of ether oxygens (including phenoxy) is 1. The summed E-state index contributed by atoms with van der Waals surface area (Å²) in [6, 6.07) is 49.4. The lowest BCUT2D eigenvalue weighted by atomic mass is 9.36. The van der Waals surface area contributed by atoms with E-state index in [0.29, 0.717) is 0 Å². The molecule has 300 valence electrons. The van der Waals surface area contributed by atoms with Gasteiger partial charge in [-0.1, -0.05) is 119 Å². The molecular formula is C55H49BN2O2S. The molecular weight excluding hydrogens is 763 g/mol. The molecule has 0 atom stereocenters. The van der Waals surface area contributed by atoms with E-state index in [0.717, 1.165) is 72.9 Å². The van der Waals surface area contributed by atoms with Gasteiger partial charge in [-0.3, -0.25) is 0 Å². The zero-order valence-corrected chi connectivity index (χ0v) is 37.2. The van der Waals surface area contributed by atoms with Crippen LogP contribution in [0.2, 0.25) is 0 Å². The third-order valence-electron chi connectivity index (χ3n) is 12.8. The van der Waals surface area contributed by atoms with E-state index < -0.39 is 0 Å². The summed E-state index contributed by atoms with van der Waals surface area (Å²) >= 11 is 1.92. The second-order valence-corrected chi connectivity index (χ2v) is 20.3. The van der Waals surface area contributed by atoms with Crippen molar-refractivity contribution in [3.05, 3.63) is 161 Å². The molecule has 7 aromatic carbocycles. The predicted octanol–water partition coefficient (Wildman–Crippen LogP) is 14.2. The van der Waals surface area contributed by atoms with E-state index in [2.05, 4.69) is 206 Å². The van der Waals surface area contributed by atoms with E-state index in [1.807, 2.05) is 11.3 Å². The van der Waals surface area contributed by atoms with Crippen LogP contribution in [0.3, 0.4) is 0 Å². The summed E-state index contributed by atoms with van der Waals surface area (Å²) in [5, 5.41) is 3.45. The number of furan rings is 1.